The molecule has 0 aliphatic carbocycles. The van der Waals surface area contributed by atoms with Crippen molar-refractivity contribution in [2.75, 3.05) is 0 Å². The second-order valence-electron chi connectivity index (χ2n) is 8.91. The van der Waals surface area contributed by atoms with E-state index in [2.05, 4.69) is 28.8 Å². The molecule has 1 aromatic heterocycles. The highest BCUT2D eigenvalue weighted by atomic mass is 31.2. The van der Waals surface area contributed by atoms with Gasteiger partial charge in [0.2, 0.25) is 12.7 Å². The molecule has 0 fully saturated rings. The predicted octanol–water partition coefficient (Wildman–Crippen LogP) is 7.00. The minimum absolute atomic E-state index is 0.346. The van der Waals surface area contributed by atoms with Crippen LogP contribution in [-0.2, 0) is 11.1 Å². The number of benzene rings is 5. The van der Waals surface area contributed by atoms with E-state index in [0.717, 1.165) is 28.4 Å². The van der Waals surface area contributed by atoms with E-state index in [4.69, 9.17) is 0 Å². The van der Waals surface area contributed by atoms with E-state index in [1.807, 2.05) is 84.9 Å². The Morgan fingerprint density at radius 3 is 1.75 bits per heavy atom. The van der Waals surface area contributed by atoms with Crippen LogP contribution in [0, 0.1) is 0 Å². The average molecular weight is 486 g/mol. The summed E-state index contributed by atoms with van der Waals surface area (Å²) >= 11 is 0. The molecular weight excluding hydrogens is 461 g/mol. The Bertz CT molecular complexity index is 1700. The third-order valence-corrected chi connectivity index (χ3v) is 9.61. The molecule has 0 atom stereocenters. The SMILES string of the molecule is O=C(c1ccc2c(c1)c1ccccc1n2Cc1ccccc1)P(=O)(c1ccccc1)c1ccccc1. The van der Waals surface area contributed by atoms with Crippen LogP contribution in [0.2, 0.25) is 0 Å². The van der Waals surface area contributed by atoms with Gasteiger partial charge in [-0.05, 0) is 29.8 Å². The van der Waals surface area contributed by atoms with Crippen molar-refractivity contribution in [1.29, 1.82) is 0 Å². The molecule has 1 heterocycles. The predicted molar refractivity (Wildman–Crippen MR) is 149 cm³/mol. The number of para-hydroxylation sites is 1. The molecule has 0 N–H and O–H groups in total. The lowest BCUT2D eigenvalue weighted by Crippen LogP contribution is -2.22. The zero-order chi connectivity index (χ0) is 24.5. The Kier molecular flexibility index (Phi) is 5.64. The first-order valence-electron chi connectivity index (χ1n) is 12.0. The van der Waals surface area contributed by atoms with Gasteiger partial charge >= 0.3 is 0 Å². The van der Waals surface area contributed by atoms with Crippen molar-refractivity contribution < 1.29 is 9.36 Å². The number of fused-ring (bicyclic) bond motifs is 3. The summed E-state index contributed by atoms with van der Waals surface area (Å²) in [7, 11) is -3.57. The van der Waals surface area contributed by atoms with Gasteiger partial charge in [-0.15, -0.1) is 0 Å². The van der Waals surface area contributed by atoms with E-state index < -0.39 is 7.14 Å². The van der Waals surface area contributed by atoms with E-state index in [0.29, 0.717) is 16.2 Å². The van der Waals surface area contributed by atoms with Crippen molar-refractivity contribution in [2.24, 2.45) is 0 Å². The summed E-state index contributed by atoms with van der Waals surface area (Å²) in [6.07, 6.45) is 0. The van der Waals surface area contributed by atoms with Gasteiger partial charge in [0.25, 0.3) is 0 Å². The van der Waals surface area contributed by atoms with Crippen LogP contribution in [0.3, 0.4) is 0 Å². The van der Waals surface area contributed by atoms with Crippen molar-refractivity contribution in [3.05, 3.63) is 145 Å². The molecule has 0 spiro atoms. The summed E-state index contributed by atoms with van der Waals surface area (Å²) in [4.78, 5) is 14.1. The molecule has 6 rings (SSSR count). The maximum absolute atomic E-state index is 14.6. The molecule has 0 aliphatic rings. The van der Waals surface area contributed by atoms with Crippen molar-refractivity contribution in [3.8, 4) is 0 Å². The molecule has 0 saturated heterocycles. The zero-order valence-corrected chi connectivity index (χ0v) is 20.5. The lowest BCUT2D eigenvalue weighted by molar-refractivity contribution is 0.107. The second kappa shape index (κ2) is 9.11. The first kappa shape index (κ1) is 22.3. The molecule has 0 saturated carbocycles. The largest absolute Gasteiger partial charge is 0.336 e. The number of nitrogens with zero attached hydrogens (tertiary/aromatic N) is 1. The molecule has 4 heteroatoms. The monoisotopic (exact) mass is 485 g/mol. The van der Waals surface area contributed by atoms with Crippen LogP contribution >= 0.6 is 7.14 Å². The minimum atomic E-state index is -3.57. The molecule has 5 aromatic carbocycles. The zero-order valence-electron chi connectivity index (χ0n) is 19.6. The van der Waals surface area contributed by atoms with Crippen molar-refractivity contribution in [3.63, 3.8) is 0 Å². The highest BCUT2D eigenvalue weighted by Crippen LogP contribution is 2.47. The van der Waals surface area contributed by atoms with E-state index >= 15 is 0 Å². The fourth-order valence-electron chi connectivity index (χ4n) is 4.96. The molecule has 6 aromatic rings. The summed E-state index contributed by atoms with van der Waals surface area (Å²) in [5.41, 5.74) is 3.47. The first-order valence-corrected chi connectivity index (χ1v) is 13.7. The molecular formula is C32H24NO2P. The Morgan fingerprint density at radius 2 is 1.11 bits per heavy atom. The summed E-state index contributed by atoms with van der Waals surface area (Å²) in [6.45, 7) is 0.727. The maximum Gasteiger partial charge on any atom is 0.230 e. The normalized spacial score (nSPS) is 11.7. The molecule has 0 bridgehead atoms. The minimum Gasteiger partial charge on any atom is -0.336 e. The van der Waals surface area contributed by atoms with Crippen LogP contribution in [0.5, 0.6) is 0 Å². The van der Waals surface area contributed by atoms with Gasteiger partial charge in [0.1, 0.15) is 0 Å². The maximum atomic E-state index is 14.6. The van der Waals surface area contributed by atoms with Crippen molar-refractivity contribution in [2.45, 2.75) is 6.54 Å². The van der Waals surface area contributed by atoms with Crippen LogP contribution in [0.4, 0.5) is 0 Å². The molecule has 36 heavy (non-hydrogen) atoms. The van der Waals surface area contributed by atoms with Crippen LogP contribution in [0.15, 0.2) is 133 Å². The first-order chi connectivity index (χ1) is 17.7. The highest BCUT2D eigenvalue weighted by molar-refractivity contribution is 7.93. The summed E-state index contributed by atoms with van der Waals surface area (Å²) in [5, 5.41) is 3.16. The number of carbonyl (C=O) groups is 1. The lowest BCUT2D eigenvalue weighted by Gasteiger charge is -2.18. The highest BCUT2D eigenvalue weighted by Gasteiger charge is 2.36. The van der Waals surface area contributed by atoms with Gasteiger partial charge in [-0.25, -0.2) is 0 Å². The number of aromatic nitrogens is 1. The quantitative estimate of drug-likeness (QED) is 0.238. The molecule has 0 amide bonds. The van der Waals surface area contributed by atoms with E-state index in [9.17, 15) is 9.36 Å². The number of rotatable bonds is 6. The van der Waals surface area contributed by atoms with E-state index in [1.165, 1.54) is 5.56 Å². The van der Waals surface area contributed by atoms with Crippen molar-refractivity contribution >= 4 is 45.1 Å². The van der Waals surface area contributed by atoms with Crippen LogP contribution in [-0.4, -0.2) is 10.1 Å². The van der Waals surface area contributed by atoms with Gasteiger partial charge in [-0.2, -0.15) is 0 Å². The standard InChI is InChI=1S/C32H24NO2P/c34-32(36(35,26-14-6-2-7-15-26)27-16-8-3-9-17-27)25-20-21-31-29(22-25)28-18-10-11-19-30(28)33(31)23-24-12-4-1-5-13-24/h1-22H,23H2. The van der Waals surface area contributed by atoms with Crippen molar-refractivity contribution in [1.82, 2.24) is 4.57 Å². The molecule has 3 nitrogen and oxygen atoms in total. The second-order valence-corrected chi connectivity index (χ2v) is 11.6. The molecule has 0 radical (unpaired) electrons. The Balaban J connectivity index is 1.53. The topological polar surface area (TPSA) is 39.1 Å². The fourth-order valence-corrected chi connectivity index (χ4v) is 7.42. The average Bonchev–Trinajstić information content (AvgIpc) is 3.26. The molecule has 174 valence electrons. The van der Waals surface area contributed by atoms with E-state index in [1.54, 1.807) is 24.3 Å². The van der Waals surface area contributed by atoms with Gasteiger partial charge in [0, 0.05) is 44.5 Å². The van der Waals surface area contributed by atoms with Crippen LogP contribution < -0.4 is 10.6 Å². The van der Waals surface area contributed by atoms with Gasteiger partial charge in [-0.3, -0.25) is 4.79 Å². The molecule has 0 unspecified atom stereocenters. The van der Waals surface area contributed by atoms with E-state index in [-0.39, 0.29) is 5.52 Å². The third kappa shape index (κ3) is 3.69. The smallest absolute Gasteiger partial charge is 0.230 e. The fraction of sp³-hybridized carbons (Fsp3) is 0.0312. The van der Waals surface area contributed by atoms with Gasteiger partial charge in [0.05, 0.1) is 0 Å². The number of hydrogen-bond donors (Lipinski definition) is 0. The van der Waals surface area contributed by atoms with Gasteiger partial charge < -0.3 is 9.13 Å². The Morgan fingerprint density at radius 1 is 0.583 bits per heavy atom. The van der Waals surface area contributed by atoms with Crippen LogP contribution in [0.1, 0.15) is 15.9 Å². The molecule has 0 aliphatic heterocycles. The number of hydrogen-bond acceptors (Lipinski definition) is 2. The Hall–Kier alpha value is -4.20. The van der Waals surface area contributed by atoms with Gasteiger partial charge in [-0.1, -0.05) is 109 Å². The van der Waals surface area contributed by atoms with Crippen LogP contribution in [0.25, 0.3) is 21.8 Å². The Labute approximate surface area is 210 Å². The summed E-state index contributed by atoms with van der Waals surface area (Å²) in [5.74, 6) is 0. The summed E-state index contributed by atoms with van der Waals surface area (Å²) < 4.78 is 16.9. The summed E-state index contributed by atoms with van der Waals surface area (Å²) in [6, 6.07) is 42.6. The lowest BCUT2D eigenvalue weighted by atomic mass is 10.1. The van der Waals surface area contributed by atoms with Gasteiger partial charge in [0.15, 0.2) is 0 Å². The number of carbonyl (C=O) groups excluding carboxylic acids is 1. The third-order valence-electron chi connectivity index (χ3n) is 6.73.